The van der Waals surface area contributed by atoms with Gasteiger partial charge in [0.1, 0.15) is 12.1 Å². The van der Waals surface area contributed by atoms with Crippen LogP contribution >= 0.6 is 0 Å². The van der Waals surface area contributed by atoms with Gasteiger partial charge in [-0.25, -0.2) is 4.79 Å². The van der Waals surface area contributed by atoms with Crippen LogP contribution in [0.25, 0.3) is 0 Å². The van der Waals surface area contributed by atoms with Gasteiger partial charge in [-0.3, -0.25) is 4.79 Å². The SMILES string of the molecule is CCCC[C@@H](C)[C@@H]1CCCC(OC)CCC(C)/C=C(\C)C(=O)N2CCC[C@H]2C(=O)O1. The molecule has 0 bridgehead atoms. The molecular formula is C25H43NO4. The maximum atomic E-state index is 13.1. The molecule has 0 aromatic heterocycles. The van der Waals surface area contributed by atoms with Gasteiger partial charge in [-0.05, 0) is 70.1 Å². The molecule has 0 aromatic carbocycles. The molecule has 5 heteroatoms. The Hall–Kier alpha value is -1.36. The van der Waals surface area contributed by atoms with Crippen LogP contribution in [0.1, 0.15) is 91.9 Å². The third-order valence-electron chi connectivity index (χ3n) is 6.86. The van der Waals surface area contributed by atoms with Crippen molar-refractivity contribution in [1.29, 1.82) is 0 Å². The summed E-state index contributed by atoms with van der Waals surface area (Å²) in [5, 5.41) is 0. The lowest BCUT2D eigenvalue weighted by Crippen LogP contribution is -2.43. The molecule has 1 amide bonds. The molecule has 2 heterocycles. The van der Waals surface area contributed by atoms with Crippen molar-refractivity contribution in [2.45, 2.75) is 110 Å². The molecule has 0 N–H and O–H groups in total. The fraction of sp³-hybridized carbons (Fsp3) is 0.840. The lowest BCUT2D eigenvalue weighted by atomic mass is 9.92. The number of amides is 1. The molecule has 2 aliphatic heterocycles. The van der Waals surface area contributed by atoms with Gasteiger partial charge < -0.3 is 14.4 Å². The summed E-state index contributed by atoms with van der Waals surface area (Å²) >= 11 is 0. The van der Waals surface area contributed by atoms with E-state index >= 15 is 0 Å². The smallest absolute Gasteiger partial charge is 0.329 e. The van der Waals surface area contributed by atoms with Gasteiger partial charge in [0.25, 0.3) is 0 Å². The Morgan fingerprint density at radius 3 is 2.63 bits per heavy atom. The molecule has 0 aliphatic carbocycles. The molecule has 1 saturated heterocycles. The topological polar surface area (TPSA) is 55.8 Å². The number of cyclic esters (lactones) is 1. The highest BCUT2D eigenvalue weighted by atomic mass is 16.5. The quantitative estimate of drug-likeness (QED) is 0.567. The van der Waals surface area contributed by atoms with Crippen molar-refractivity contribution in [1.82, 2.24) is 4.90 Å². The van der Waals surface area contributed by atoms with E-state index in [-0.39, 0.29) is 24.1 Å². The number of allylic oxidation sites excluding steroid dienone is 1. The second kappa shape index (κ2) is 12.5. The summed E-state index contributed by atoms with van der Waals surface area (Å²) in [6.45, 7) is 9.06. The van der Waals surface area contributed by atoms with E-state index in [1.165, 1.54) is 0 Å². The largest absolute Gasteiger partial charge is 0.461 e. The van der Waals surface area contributed by atoms with Crippen molar-refractivity contribution >= 4 is 11.9 Å². The van der Waals surface area contributed by atoms with Crippen molar-refractivity contribution < 1.29 is 19.1 Å². The highest BCUT2D eigenvalue weighted by molar-refractivity contribution is 5.96. The number of hydrogen-bond acceptors (Lipinski definition) is 4. The molecular weight excluding hydrogens is 378 g/mol. The highest BCUT2D eigenvalue weighted by Gasteiger charge is 2.37. The molecule has 1 fully saturated rings. The maximum absolute atomic E-state index is 13.1. The molecule has 2 rings (SSSR count). The van der Waals surface area contributed by atoms with Crippen molar-refractivity contribution in [3.05, 3.63) is 11.6 Å². The minimum absolute atomic E-state index is 0.0185. The number of ether oxygens (including phenoxy) is 2. The number of rotatable bonds is 5. The molecule has 0 aromatic rings. The summed E-state index contributed by atoms with van der Waals surface area (Å²) in [4.78, 5) is 27.9. The standard InChI is InChI=1S/C25H43NO4/c1-6-7-10-19(3)23-13-8-11-21(29-5)15-14-18(2)17-20(4)24(27)26-16-9-12-22(26)25(28)30-23/h17-19,21-23H,6-16H2,1-5H3/b20-17+/t18?,19-,21?,22+,23+/m1/s1. The van der Waals surface area contributed by atoms with Gasteiger partial charge in [0.2, 0.25) is 5.91 Å². The number of nitrogens with zero attached hydrogens (tertiary/aromatic N) is 1. The van der Waals surface area contributed by atoms with E-state index in [0.717, 1.165) is 63.4 Å². The summed E-state index contributed by atoms with van der Waals surface area (Å²) < 4.78 is 11.8. The van der Waals surface area contributed by atoms with Crippen LogP contribution in [0.3, 0.4) is 0 Å². The Morgan fingerprint density at radius 2 is 1.93 bits per heavy atom. The van der Waals surface area contributed by atoms with Gasteiger partial charge >= 0.3 is 5.97 Å². The normalized spacial score (nSPS) is 32.4. The minimum Gasteiger partial charge on any atom is -0.461 e. The number of carbonyl (C=O) groups is 2. The van der Waals surface area contributed by atoms with E-state index in [4.69, 9.17) is 9.47 Å². The van der Waals surface area contributed by atoms with Gasteiger partial charge in [0, 0.05) is 19.2 Å². The second-order valence-electron chi connectivity index (χ2n) is 9.44. The van der Waals surface area contributed by atoms with Crippen molar-refractivity contribution in [2.24, 2.45) is 11.8 Å². The minimum atomic E-state index is -0.436. The van der Waals surface area contributed by atoms with E-state index in [0.29, 0.717) is 24.8 Å². The first-order valence-corrected chi connectivity index (χ1v) is 12.1. The number of carbonyl (C=O) groups excluding carboxylic acids is 2. The van der Waals surface area contributed by atoms with Gasteiger partial charge in [0.15, 0.2) is 0 Å². The van der Waals surface area contributed by atoms with Crippen LogP contribution in [-0.2, 0) is 19.1 Å². The van der Waals surface area contributed by atoms with Crippen LogP contribution in [0.5, 0.6) is 0 Å². The van der Waals surface area contributed by atoms with Crippen LogP contribution in [0, 0.1) is 11.8 Å². The third-order valence-corrected chi connectivity index (χ3v) is 6.86. The van der Waals surface area contributed by atoms with Gasteiger partial charge in [-0.2, -0.15) is 0 Å². The number of hydrogen-bond donors (Lipinski definition) is 0. The molecule has 0 radical (unpaired) electrons. The molecule has 2 unspecified atom stereocenters. The van der Waals surface area contributed by atoms with E-state index in [1.54, 1.807) is 12.0 Å². The first kappa shape index (κ1) is 24.9. The highest BCUT2D eigenvalue weighted by Crippen LogP contribution is 2.27. The molecule has 0 spiro atoms. The molecule has 5 atom stereocenters. The Balaban J connectivity index is 2.22. The summed E-state index contributed by atoms with van der Waals surface area (Å²) in [6, 6.07) is -0.436. The Bertz CT molecular complexity index is 588. The fourth-order valence-corrected chi connectivity index (χ4v) is 4.84. The van der Waals surface area contributed by atoms with E-state index in [9.17, 15) is 9.59 Å². The Morgan fingerprint density at radius 1 is 1.17 bits per heavy atom. The average molecular weight is 422 g/mol. The van der Waals surface area contributed by atoms with Crippen LogP contribution < -0.4 is 0 Å². The predicted octanol–water partition coefficient (Wildman–Crippen LogP) is 5.28. The van der Waals surface area contributed by atoms with Gasteiger partial charge in [-0.1, -0.05) is 39.7 Å². The van der Waals surface area contributed by atoms with E-state index in [2.05, 4.69) is 26.8 Å². The monoisotopic (exact) mass is 421 g/mol. The maximum Gasteiger partial charge on any atom is 0.329 e. The molecule has 0 saturated carbocycles. The predicted molar refractivity (Wildman–Crippen MR) is 120 cm³/mol. The first-order valence-electron chi connectivity index (χ1n) is 12.1. The molecule has 30 heavy (non-hydrogen) atoms. The van der Waals surface area contributed by atoms with Crippen LogP contribution in [-0.4, -0.2) is 48.7 Å². The zero-order valence-corrected chi connectivity index (χ0v) is 19.8. The average Bonchev–Trinajstić information content (AvgIpc) is 3.22. The van der Waals surface area contributed by atoms with Crippen LogP contribution in [0.4, 0.5) is 0 Å². The van der Waals surface area contributed by atoms with E-state index < -0.39 is 6.04 Å². The summed E-state index contributed by atoms with van der Waals surface area (Å²) in [5.74, 6) is 0.410. The first-order chi connectivity index (χ1) is 14.4. The fourth-order valence-electron chi connectivity index (χ4n) is 4.84. The zero-order valence-electron chi connectivity index (χ0n) is 19.8. The van der Waals surface area contributed by atoms with Gasteiger partial charge in [0.05, 0.1) is 6.10 Å². The lowest BCUT2D eigenvalue weighted by molar-refractivity contribution is -0.160. The summed E-state index contributed by atoms with van der Waals surface area (Å²) in [5.41, 5.74) is 0.735. The lowest BCUT2D eigenvalue weighted by Gasteiger charge is -2.29. The second-order valence-corrected chi connectivity index (χ2v) is 9.44. The van der Waals surface area contributed by atoms with Crippen LogP contribution in [0.15, 0.2) is 11.6 Å². The van der Waals surface area contributed by atoms with Crippen molar-refractivity contribution in [3.8, 4) is 0 Å². The summed E-state index contributed by atoms with van der Waals surface area (Å²) in [6.07, 6.45) is 11.9. The number of esters is 1. The number of fused-ring (bicyclic) bond motifs is 1. The third kappa shape index (κ3) is 7.11. The summed E-state index contributed by atoms with van der Waals surface area (Å²) in [7, 11) is 1.78. The molecule has 172 valence electrons. The Kier molecular flexibility index (Phi) is 10.4. The van der Waals surface area contributed by atoms with E-state index in [1.807, 2.05) is 6.92 Å². The van der Waals surface area contributed by atoms with Crippen molar-refractivity contribution in [2.75, 3.05) is 13.7 Å². The molecule has 2 aliphatic rings. The van der Waals surface area contributed by atoms with Gasteiger partial charge in [-0.15, -0.1) is 0 Å². The number of methoxy groups -OCH3 is 1. The van der Waals surface area contributed by atoms with Crippen molar-refractivity contribution in [3.63, 3.8) is 0 Å². The van der Waals surface area contributed by atoms with Crippen LogP contribution in [0.2, 0.25) is 0 Å². The number of unbranched alkanes of at least 4 members (excludes halogenated alkanes) is 1. The Labute approximate surface area is 183 Å². The molecule has 5 nitrogen and oxygen atoms in total. The zero-order chi connectivity index (χ0) is 22.1.